The van der Waals surface area contributed by atoms with Crippen molar-refractivity contribution in [3.63, 3.8) is 0 Å². The Bertz CT molecular complexity index is 611. The molecule has 0 saturated heterocycles. The van der Waals surface area contributed by atoms with E-state index >= 15 is 0 Å². The Balaban J connectivity index is 1.77. The minimum atomic E-state index is -0.249. The normalized spacial score (nSPS) is 12.9. The fourth-order valence-corrected chi connectivity index (χ4v) is 2.20. The van der Waals surface area contributed by atoms with Crippen LogP contribution < -0.4 is 19.5 Å². The van der Waals surface area contributed by atoms with Gasteiger partial charge in [-0.05, 0) is 42.0 Å². The van der Waals surface area contributed by atoms with Crippen molar-refractivity contribution in [2.45, 2.75) is 6.54 Å². The molecule has 3 rings (SSSR count). The standard InChI is InChI=1S/C16H16FNO3/c1-19-14-8-11(9-15-16(14)21-7-6-20-15)10-18-13-4-2-12(17)3-5-13/h2-5,8-9,18H,6-7,10H2,1H3. The lowest BCUT2D eigenvalue weighted by molar-refractivity contribution is 0.165. The molecule has 0 unspecified atom stereocenters. The molecule has 5 heteroatoms. The van der Waals surface area contributed by atoms with Gasteiger partial charge >= 0.3 is 0 Å². The summed E-state index contributed by atoms with van der Waals surface area (Å²) in [6.07, 6.45) is 0. The highest BCUT2D eigenvalue weighted by Crippen LogP contribution is 2.40. The predicted octanol–water partition coefficient (Wildman–Crippen LogP) is 3.22. The fourth-order valence-electron chi connectivity index (χ4n) is 2.20. The molecule has 1 aliphatic heterocycles. The van der Waals surface area contributed by atoms with E-state index in [4.69, 9.17) is 14.2 Å². The van der Waals surface area contributed by atoms with Crippen molar-refractivity contribution in [3.8, 4) is 17.2 Å². The van der Waals surface area contributed by atoms with Crippen molar-refractivity contribution in [2.75, 3.05) is 25.6 Å². The average molecular weight is 289 g/mol. The number of methoxy groups -OCH3 is 1. The highest BCUT2D eigenvalue weighted by molar-refractivity contribution is 5.55. The highest BCUT2D eigenvalue weighted by Gasteiger charge is 2.18. The Morgan fingerprint density at radius 3 is 2.67 bits per heavy atom. The third-order valence-electron chi connectivity index (χ3n) is 3.23. The van der Waals surface area contributed by atoms with Crippen molar-refractivity contribution >= 4 is 5.69 Å². The number of benzene rings is 2. The molecule has 21 heavy (non-hydrogen) atoms. The summed E-state index contributed by atoms with van der Waals surface area (Å²) >= 11 is 0. The summed E-state index contributed by atoms with van der Waals surface area (Å²) < 4.78 is 29.4. The van der Waals surface area contributed by atoms with Gasteiger partial charge < -0.3 is 19.5 Å². The second-order valence-corrected chi connectivity index (χ2v) is 4.68. The van der Waals surface area contributed by atoms with Crippen LogP contribution in [-0.4, -0.2) is 20.3 Å². The van der Waals surface area contributed by atoms with Gasteiger partial charge in [0.2, 0.25) is 5.75 Å². The van der Waals surface area contributed by atoms with E-state index in [-0.39, 0.29) is 5.82 Å². The van der Waals surface area contributed by atoms with Gasteiger partial charge in [-0.25, -0.2) is 4.39 Å². The Hall–Kier alpha value is -2.43. The fraction of sp³-hybridized carbons (Fsp3) is 0.250. The van der Waals surface area contributed by atoms with E-state index in [1.807, 2.05) is 12.1 Å². The maximum absolute atomic E-state index is 12.9. The average Bonchev–Trinajstić information content (AvgIpc) is 2.53. The molecule has 0 aromatic heterocycles. The molecule has 4 nitrogen and oxygen atoms in total. The van der Waals surface area contributed by atoms with Crippen LogP contribution >= 0.6 is 0 Å². The second kappa shape index (κ2) is 5.91. The van der Waals surface area contributed by atoms with Crippen molar-refractivity contribution in [1.82, 2.24) is 0 Å². The molecule has 0 aliphatic carbocycles. The topological polar surface area (TPSA) is 39.7 Å². The first-order valence-corrected chi connectivity index (χ1v) is 6.72. The summed E-state index contributed by atoms with van der Waals surface area (Å²) in [5.41, 5.74) is 1.85. The molecule has 1 N–H and O–H groups in total. The first-order valence-electron chi connectivity index (χ1n) is 6.72. The van der Waals surface area contributed by atoms with Gasteiger partial charge in [-0.1, -0.05) is 0 Å². The number of hydrogen-bond acceptors (Lipinski definition) is 4. The molecule has 0 amide bonds. The second-order valence-electron chi connectivity index (χ2n) is 4.68. The minimum Gasteiger partial charge on any atom is -0.493 e. The van der Waals surface area contributed by atoms with E-state index in [9.17, 15) is 4.39 Å². The lowest BCUT2D eigenvalue weighted by atomic mass is 10.1. The smallest absolute Gasteiger partial charge is 0.203 e. The highest BCUT2D eigenvalue weighted by atomic mass is 19.1. The van der Waals surface area contributed by atoms with E-state index in [0.29, 0.717) is 37.0 Å². The number of halogens is 1. The van der Waals surface area contributed by atoms with Gasteiger partial charge in [-0.3, -0.25) is 0 Å². The van der Waals surface area contributed by atoms with Gasteiger partial charge in [0.25, 0.3) is 0 Å². The Labute approximate surface area is 122 Å². The van der Waals surface area contributed by atoms with E-state index < -0.39 is 0 Å². The van der Waals surface area contributed by atoms with E-state index in [2.05, 4.69) is 5.32 Å². The first kappa shape index (κ1) is 13.5. The van der Waals surface area contributed by atoms with Gasteiger partial charge in [-0.15, -0.1) is 0 Å². The van der Waals surface area contributed by atoms with Crippen LogP contribution in [0.15, 0.2) is 36.4 Å². The third kappa shape index (κ3) is 3.02. The molecule has 1 heterocycles. The number of fused-ring (bicyclic) bond motifs is 1. The molecule has 2 aromatic carbocycles. The summed E-state index contributed by atoms with van der Waals surface area (Å²) in [6, 6.07) is 10.1. The first-order chi connectivity index (χ1) is 10.3. The Kier molecular flexibility index (Phi) is 3.81. The summed E-state index contributed by atoms with van der Waals surface area (Å²) in [5.74, 6) is 1.75. The number of ether oxygens (including phenoxy) is 3. The van der Waals surface area contributed by atoms with Gasteiger partial charge in [0.15, 0.2) is 11.5 Å². The van der Waals surface area contributed by atoms with Crippen LogP contribution in [0.4, 0.5) is 10.1 Å². The van der Waals surface area contributed by atoms with Crippen LogP contribution in [-0.2, 0) is 6.54 Å². The summed E-state index contributed by atoms with van der Waals surface area (Å²) in [5, 5.41) is 3.23. The maximum Gasteiger partial charge on any atom is 0.203 e. The summed E-state index contributed by atoms with van der Waals surface area (Å²) in [6.45, 7) is 1.64. The molecule has 0 spiro atoms. The van der Waals surface area contributed by atoms with Gasteiger partial charge in [0.05, 0.1) is 7.11 Å². The zero-order valence-electron chi connectivity index (χ0n) is 11.7. The lowest BCUT2D eigenvalue weighted by Crippen LogP contribution is -2.16. The number of rotatable bonds is 4. The van der Waals surface area contributed by atoms with Crippen molar-refractivity contribution in [3.05, 3.63) is 47.8 Å². The largest absolute Gasteiger partial charge is 0.493 e. The minimum absolute atomic E-state index is 0.249. The van der Waals surface area contributed by atoms with Crippen LogP contribution in [0.5, 0.6) is 17.2 Å². The van der Waals surface area contributed by atoms with Crippen LogP contribution in [0.25, 0.3) is 0 Å². The van der Waals surface area contributed by atoms with Crippen molar-refractivity contribution in [1.29, 1.82) is 0 Å². The van der Waals surface area contributed by atoms with Crippen LogP contribution in [0.1, 0.15) is 5.56 Å². The zero-order valence-corrected chi connectivity index (χ0v) is 11.7. The summed E-state index contributed by atoms with van der Waals surface area (Å²) in [7, 11) is 1.60. The third-order valence-corrected chi connectivity index (χ3v) is 3.23. The van der Waals surface area contributed by atoms with Gasteiger partial charge in [0.1, 0.15) is 19.0 Å². The molecule has 1 aliphatic rings. The van der Waals surface area contributed by atoms with Gasteiger partial charge in [0, 0.05) is 12.2 Å². The Morgan fingerprint density at radius 2 is 1.90 bits per heavy atom. The Morgan fingerprint density at radius 1 is 1.14 bits per heavy atom. The predicted molar refractivity (Wildman–Crippen MR) is 77.7 cm³/mol. The van der Waals surface area contributed by atoms with E-state index in [1.165, 1.54) is 12.1 Å². The molecule has 0 bridgehead atoms. The van der Waals surface area contributed by atoms with Crippen LogP contribution in [0, 0.1) is 5.82 Å². The molecule has 110 valence electrons. The monoisotopic (exact) mass is 289 g/mol. The zero-order chi connectivity index (χ0) is 14.7. The van der Waals surface area contributed by atoms with Crippen LogP contribution in [0.3, 0.4) is 0 Å². The summed E-state index contributed by atoms with van der Waals surface area (Å²) in [4.78, 5) is 0. The maximum atomic E-state index is 12.9. The number of hydrogen-bond donors (Lipinski definition) is 1. The van der Waals surface area contributed by atoms with E-state index in [1.54, 1.807) is 19.2 Å². The molecule has 0 radical (unpaired) electrons. The lowest BCUT2D eigenvalue weighted by Gasteiger charge is -2.21. The van der Waals surface area contributed by atoms with Crippen molar-refractivity contribution < 1.29 is 18.6 Å². The molecular weight excluding hydrogens is 273 g/mol. The van der Waals surface area contributed by atoms with Crippen LogP contribution in [0.2, 0.25) is 0 Å². The van der Waals surface area contributed by atoms with Gasteiger partial charge in [-0.2, -0.15) is 0 Å². The van der Waals surface area contributed by atoms with Crippen molar-refractivity contribution in [2.24, 2.45) is 0 Å². The molecule has 0 saturated carbocycles. The SMILES string of the molecule is COc1cc(CNc2ccc(F)cc2)cc2c1OCCO2. The molecule has 0 atom stereocenters. The quantitative estimate of drug-likeness (QED) is 0.938. The molecule has 2 aromatic rings. The molecule has 0 fully saturated rings. The molecular formula is C16H16FNO3. The number of anilines is 1. The van der Waals surface area contributed by atoms with E-state index in [0.717, 1.165) is 11.3 Å². The number of nitrogens with one attached hydrogen (secondary N) is 1.